The lowest BCUT2D eigenvalue weighted by Gasteiger charge is -2.13. The summed E-state index contributed by atoms with van der Waals surface area (Å²) in [7, 11) is 0. The van der Waals surface area contributed by atoms with Crippen LogP contribution in [0.1, 0.15) is 30.6 Å². The van der Waals surface area contributed by atoms with E-state index < -0.39 is 5.63 Å². The molecule has 18 heavy (non-hydrogen) atoms. The van der Waals surface area contributed by atoms with Gasteiger partial charge in [-0.25, -0.2) is 4.79 Å². The third kappa shape index (κ3) is 3.00. The lowest BCUT2D eigenvalue weighted by atomic mass is 9.94. The third-order valence-corrected chi connectivity index (χ3v) is 2.99. The Morgan fingerprint density at radius 1 is 1.22 bits per heavy atom. The normalized spacial score (nSPS) is 12.3. The summed E-state index contributed by atoms with van der Waals surface area (Å²) in [6.07, 6.45) is 1.64. The number of hydrogen-bond acceptors (Lipinski definition) is 3. The zero-order chi connectivity index (χ0) is 13.0. The number of benzene rings is 1. The van der Waals surface area contributed by atoms with Gasteiger partial charge in [-0.1, -0.05) is 37.3 Å². The second kappa shape index (κ2) is 5.54. The minimum Gasteiger partial charge on any atom is -0.508 e. The SMILES string of the molecule is CCC(Cc1ccccc1)c1cc(O)cc(=O)o1. The van der Waals surface area contributed by atoms with E-state index in [2.05, 4.69) is 0 Å². The average molecular weight is 244 g/mol. The van der Waals surface area contributed by atoms with E-state index in [0.717, 1.165) is 18.9 Å². The van der Waals surface area contributed by atoms with Gasteiger partial charge in [0, 0.05) is 12.0 Å². The standard InChI is InChI=1S/C15H16O3/c1-2-12(8-11-6-4-3-5-7-11)14-9-13(16)10-15(17)18-14/h3-7,9-10,12,16H,2,8H2,1H3. The maximum Gasteiger partial charge on any atom is 0.339 e. The molecule has 0 spiro atoms. The van der Waals surface area contributed by atoms with Crippen LogP contribution in [-0.2, 0) is 6.42 Å². The van der Waals surface area contributed by atoms with E-state index in [-0.39, 0.29) is 11.7 Å². The van der Waals surface area contributed by atoms with Crippen LogP contribution in [0.5, 0.6) is 5.75 Å². The molecular formula is C15H16O3. The minimum absolute atomic E-state index is 0.0345. The van der Waals surface area contributed by atoms with Crippen molar-refractivity contribution in [2.24, 2.45) is 0 Å². The Kier molecular flexibility index (Phi) is 3.82. The molecule has 3 nitrogen and oxygen atoms in total. The van der Waals surface area contributed by atoms with Crippen LogP contribution in [0.4, 0.5) is 0 Å². The van der Waals surface area contributed by atoms with Gasteiger partial charge in [0.2, 0.25) is 0 Å². The van der Waals surface area contributed by atoms with Crippen molar-refractivity contribution in [1.29, 1.82) is 0 Å². The summed E-state index contributed by atoms with van der Waals surface area (Å²) in [5.74, 6) is 0.617. The van der Waals surface area contributed by atoms with E-state index in [9.17, 15) is 9.90 Å². The van der Waals surface area contributed by atoms with Gasteiger partial charge in [-0.05, 0) is 18.4 Å². The van der Waals surface area contributed by atoms with E-state index in [1.54, 1.807) is 0 Å². The summed E-state index contributed by atoms with van der Waals surface area (Å²) < 4.78 is 5.17. The predicted octanol–water partition coefficient (Wildman–Crippen LogP) is 3.08. The topological polar surface area (TPSA) is 50.4 Å². The molecule has 0 fully saturated rings. The first kappa shape index (κ1) is 12.4. The highest BCUT2D eigenvalue weighted by Gasteiger charge is 2.14. The van der Waals surface area contributed by atoms with Crippen molar-refractivity contribution in [2.75, 3.05) is 0 Å². The summed E-state index contributed by atoms with van der Waals surface area (Å²) in [5, 5.41) is 9.44. The summed E-state index contributed by atoms with van der Waals surface area (Å²) in [4.78, 5) is 11.3. The van der Waals surface area contributed by atoms with Crippen molar-refractivity contribution in [3.63, 3.8) is 0 Å². The molecule has 94 valence electrons. The van der Waals surface area contributed by atoms with Gasteiger partial charge in [0.05, 0.1) is 6.07 Å². The van der Waals surface area contributed by atoms with Crippen LogP contribution in [0.3, 0.4) is 0 Å². The van der Waals surface area contributed by atoms with Gasteiger partial charge < -0.3 is 9.52 Å². The molecule has 1 unspecified atom stereocenters. The van der Waals surface area contributed by atoms with Gasteiger partial charge in [-0.15, -0.1) is 0 Å². The summed E-state index contributed by atoms with van der Waals surface area (Å²) in [5.41, 5.74) is 0.687. The molecule has 1 N–H and O–H groups in total. The largest absolute Gasteiger partial charge is 0.508 e. The Balaban J connectivity index is 2.25. The quantitative estimate of drug-likeness (QED) is 0.899. The third-order valence-electron chi connectivity index (χ3n) is 2.99. The zero-order valence-corrected chi connectivity index (χ0v) is 10.3. The summed E-state index contributed by atoms with van der Waals surface area (Å²) in [6, 6.07) is 12.6. The molecule has 0 bridgehead atoms. The van der Waals surface area contributed by atoms with Crippen molar-refractivity contribution in [3.8, 4) is 5.75 Å². The van der Waals surface area contributed by atoms with Crippen molar-refractivity contribution >= 4 is 0 Å². The molecule has 0 saturated carbocycles. The zero-order valence-electron chi connectivity index (χ0n) is 10.3. The molecule has 1 aromatic heterocycles. The van der Waals surface area contributed by atoms with Crippen molar-refractivity contribution in [3.05, 3.63) is 64.2 Å². The number of aromatic hydroxyl groups is 1. The molecule has 0 aliphatic carbocycles. The molecule has 1 atom stereocenters. The Labute approximate surface area is 106 Å². The lowest BCUT2D eigenvalue weighted by molar-refractivity contribution is 0.394. The number of hydrogen-bond donors (Lipinski definition) is 1. The van der Waals surface area contributed by atoms with Gasteiger partial charge in [0.1, 0.15) is 11.5 Å². The van der Waals surface area contributed by atoms with Gasteiger partial charge in [-0.3, -0.25) is 0 Å². The molecule has 1 aromatic carbocycles. The second-order valence-corrected chi connectivity index (χ2v) is 4.33. The summed E-state index contributed by atoms with van der Waals surface area (Å²) >= 11 is 0. The second-order valence-electron chi connectivity index (χ2n) is 4.33. The van der Waals surface area contributed by atoms with E-state index >= 15 is 0 Å². The van der Waals surface area contributed by atoms with Gasteiger partial charge in [0.15, 0.2) is 0 Å². The van der Waals surface area contributed by atoms with Crippen molar-refractivity contribution < 1.29 is 9.52 Å². The van der Waals surface area contributed by atoms with Crippen LogP contribution in [0, 0.1) is 0 Å². The predicted molar refractivity (Wildman–Crippen MR) is 69.8 cm³/mol. The molecule has 2 aromatic rings. The van der Waals surface area contributed by atoms with Crippen LogP contribution < -0.4 is 5.63 Å². The van der Waals surface area contributed by atoms with Gasteiger partial charge in [0.25, 0.3) is 0 Å². The maximum absolute atomic E-state index is 11.3. The Morgan fingerprint density at radius 2 is 1.94 bits per heavy atom. The highest BCUT2D eigenvalue weighted by molar-refractivity contribution is 5.23. The Hall–Kier alpha value is -2.03. The number of rotatable bonds is 4. The Bertz CT molecular complexity index is 557. The molecule has 0 amide bonds. The van der Waals surface area contributed by atoms with Crippen LogP contribution in [0.25, 0.3) is 0 Å². The Morgan fingerprint density at radius 3 is 2.56 bits per heavy atom. The van der Waals surface area contributed by atoms with E-state index in [0.29, 0.717) is 5.76 Å². The molecule has 1 heterocycles. The lowest BCUT2D eigenvalue weighted by Crippen LogP contribution is -2.06. The first-order chi connectivity index (χ1) is 8.69. The molecular weight excluding hydrogens is 228 g/mol. The van der Waals surface area contributed by atoms with E-state index in [4.69, 9.17) is 4.42 Å². The van der Waals surface area contributed by atoms with Crippen molar-refractivity contribution in [2.45, 2.75) is 25.7 Å². The van der Waals surface area contributed by atoms with Gasteiger partial charge in [-0.2, -0.15) is 0 Å². The fourth-order valence-corrected chi connectivity index (χ4v) is 2.03. The highest BCUT2D eigenvalue weighted by Crippen LogP contribution is 2.25. The minimum atomic E-state index is -0.503. The molecule has 0 saturated heterocycles. The molecule has 2 rings (SSSR count). The average Bonchev–Trinajstić information content (AvgIpc) is 2.36. The highest BCUT2D eigenvalue weighted by atomic mass is 16.4. The fraction of sp³-hybridized carbons (Fsp3) is 0.267. The first-order valence-electron chi connectivity index (χ1n) is 6.07. The van der Waals surface area contributed by atoms with Crippen LogP contribution in [0.2, 0.25) is 0 Å². The fourth-order valence-electron chi connectivity index (χ4n) is 2.03. The maximum atomic E-state index is 11.3. The van der Waals surface area contributed by atoms with Crippen molar-refractivity contribution in [1.82, 2.24) is 0 Å². The molecule has 0 aliphatic heterocycles. The van der Waals surface area contributed by atoms with E-state index in [1.165, 1.54) is 11.6 Å². The van der Waals surface area contributed by atoms with Gasteiger partial charge >= 0.3 is 5.63 Å². The first-order valence-corrected chi connectivity index (χ1v) is 6.07. The molecule has 0 radical (unpaired) electrons. The molecule has 0 aliphatic rings. The van der Waals surface area contributed by atoms with E-state index in [1.807, 2.05) is 37.3 Å². The summed E-state index contributed by atoms with van der Waals surface area (Å²) in [6.45, 7) is 2.04. The monoisotopic (exact) mass is 244 g/mol. The van der Waals surface area contributed by atoms with Crippen LogP contribution >= 0.6 is 0 Å². The van der Waals surface area contributed by atoms with Crippen LogP contribution in [0.15, 0.2) is 51.7 Å². The molecule has 3 heteroatoms. The smallest absolute Gasteiger partial charge is 0.339 e. The van der Waals surface area contributed by atoms with Crippen LogP contribution in [-0.4, -0.2) is 5.11 Å².